The van der Waals surface area contributed by atoms with E-state index < -0.39 is 0 Å². The first-order chi connectivity index (χ1) is 8.11. The molecule has 0 amide bonds. The molecule has 1 atom stereocenters. The highest BCUT2D eigenvalue weighted by Gasteiger charge is 2.19. The third-order valence-corrected chi connectivity index (χ3v) is 3.29. The van der Waals surface area contributed by atoms with E-state index in [1.807, 2.05) is 39.0 Å². The first-order valence-corrected chi connectivity index (χ1v) is 6.12. The summed E-state index contributed by atoms with van der Waals surface area (Å²) in [6.45, 7) is 5.93. The molecule has 0 N–H and O–H groups in total. The Morgan fingerprint density at radius 1 is 0.941 bits per heavy atom. The van der Waals surface area contributed by atoms with Gasteiger partial charge in [-0.25, -0.2) is 0 Å². The molecule has 17 heavy (non-hydrogen) atoms. The summed E-state index contributed by atoms with van der Waals surface area (Å²) in [5, 5.41) is 2.39. The number of rotatable bonds is 3. The van der Waals surface area contributed by atoms with Crippen molar-refractivity contribution in [2.24, 2.45) is 5.92 Å². The van der Waals surface area contributed by atoms with E-state index in [1.165, 1.54) is 10.8 Å². The van der Waals surface area contributed by atoms with Gasteiger partial charge in [0.1, 0.15) is 5.78 Å². The van der Waals surface area contributed by atoms with Crippen LogP contribution in [0.3, 0.4) is 0 Å². The number of hydrogen-bond donors (Lipinski definition) is 0. The van der Waals surface area contributed by atoms with E-state index in [0.717, 1.165) is 5.56 Å². The van der Waals surface area contributed by atoms with E-state index in [4.69, 9.17) is 0 Å². The van der Waals surface area contributed by atoms with Gasteiger partial charge in [-0.1, -0.05) is 63.2 Å². The van der Waals surface area contributed by atoms with Crippen LogP contribution in [0.1, 0.15) is 32.3 Å². The third kappa shape index (κ3) is 2.23. The Bertz CT molecular complexity index is 535. The van der Waals surface area contributed by atoms with Crippen LogP contribution in [-0.2, 0) is 4.79 Å². The molecule has 1 heteroatoms. The van der Waals surface area contributed by atoms with E-state index in [1.54, 1.807) is 0 Å². The van der Waals surface area contributed by atoms with Gasteiger partial charge in [0, 0.05) is 11.8 Å². The first kappa shape index (κ1) is 11.8. The number of carbonyl (C=O) groups is 1. The molecule has 0 aromatic heterocycles. The van der Waals surface area contributed by atoms with Crippen LogP contribution in [0.25, 0.3) is 10.8 Å². The second-order valence-corrected chi connectivity index (χ2v) is 4.85. The van der Waals surface area contributed by atoms with Gasteiger partial charge in [-0.05, 0) is 16.3 Å². The van der Waals surface area contributed by atoms with Crippen molar-refractivity contribution in [3.05, 3.63) is 48.0 Å². The van der Waals surface area contributed by atoms with Crippen LogP contribution >= 0.6 is 0 Å². The van der Waals surface area contributed by atoms with Crippen molar-refractivity contribution < 1.29 is 4.79 Å². The van der Waals surface area contributed by atoms with Crippen LogP contribution in [0.2, 0.25) is 0 Å². The van der Waals surface area contributed by atoms with Gasteiger partial charge in [-0.15, -0.1) is 0 Å². The fourth-order valence-electron chi connectivity index (χ4n) is 2.28. The molecule has 2 aromatic rings. The lowest BCUT2D eigenvalue weighted by molar-refractivity contribution is -0.122. The number of benzene rings is 2. The molecule has 0 fully saturated rings. The quantitative estimate of drug-likeness (QED) is 0.767. The van der Waals surface area contributed by atoms with Gasteiger partial charge >= 0.3 is 0 Å². The van der Waals surface area contributed by atoms with Gasteiger partial charge in [0.2, 0.25) is 0 Å². The predicted molar refractivity (Wildman–Crippen MR) is 72.2 cm³/mol. The monoisotopic (exact) mass is 226 g/mol. The highest BCUT2D eigenvalue weighted by Crippen LogP contribution is 2.27. The summed E-state index contributed by atoms with van der Waals surface area (Å²) in [6.07, 6.45) is 0. The molecule has 2 rings (SSSR count). The Morgan fingerprint density at radius 2 is 1.59 bits per heavy atom. The summed E-state index contributed by atoms with van der Waals surface area (Å²) in [5.41, 5.74) is 1.14. The highest BCUT2D eigenvalue weighted by molar-refractivity contribution is 5.94. The number of ketones is 1. The smallest absolute Gasteiger partial charge is 0.142 e. The molecule has 1 unspecified atom stereocenters. The van der Waals surface area contributed by atoms with Gasteiger partial charge in [-0.2, -0.15) is 0 Å². The highest BCUT2D eigenvalue weighted by atomic mass is 16.1. The first-order valence-electron chi connectivity index (χ1n) is 6.12. The van der Waals surface area contributed by atoms with Crippen LogP contribution in [0.15, 0.2) is 42.5 Å². The Hall–Kier alpha value is -1.63. The molecule has 2 aromatic carbocycles. The summed E-state index contributed by atoms with van der Waals surface area (Å²) in [5.74, 6) is 0.367. The molecule has 0 heterocycles. The fourth-order valence-corrected chi connectivity index (χ4v) is 2.28. The Balaban J connectivity index is 2.52. The maximum absolute atomic E-state index is 12.1. The Kier molecular flexibility index (Phi) is 3.28. The lowest BCUT2D eigenvalue weighted by Gasteiger charge is -2.15. The van der Waals surface area contributed by atoms with Gasteiger partial charge in [-0.3, -0.25) is 4.79 Å². The van der Waals surface area contributed by atoms with E-state index in [-0.39, 0.29) is 11.8 Å². The van der Waals surface area contributed by atoms with Gasteiger partial charge in [0.15, 0.2) is 0 Å². The molecule has 0 spiro atoms. The maximum atomic E-state index is 12.1. The molecule has 0 saturated carbocycles. The van der Waals surface area contributed by atoms with Crippen molar-refractivity contribution in [2.75, 3.05) is 0 Å². The van der Waals surface area contributed by atoms with Crippen LogP contribution < -0.4 is 0 Å². The number of fused-ring (bicyclic) bond motifs is 1. The lowest BCUT2D eigenvalue weighted by Crippen LogP contribution is -2.15. The number of carbonyl (C=O) groups excluding carboxylic acids is 1. The summed E-state index contributed by atoms with van der Waals surface area (Å²) >= 11 is 0. The number of hydrogen-bond acceptors (Lipinski definition) is 1. The van der Waals surface area contributed by atoms with Crippen molar-refractivity contribution in [3.63, 3.8) is 0 Å². The van der Waals surface area contributed by atoms with Crippen LogP contribution in [-0.4, -0.2) is 5.78 Å². The second kappa shape index (κ2) is 4.70. The maximum Gasteiger partial charge on any atom is 0.142 e. The van der Waals surface area contributed by atoms with Crippen molar-refractivity contribution in [1.29, 1.82) is 0 Å². The number of Topliss-reactive ketones (excluding diaryl/α,β-unsaturated/α-hetero) is 1. The molecule has 0 aliphatic heterocycles. The van der Waals surface area contributed by atoms with Crippen molar-refractivity contribution in [1.82, 2.24) is 0 Å². The van der Waals surface area contributed by atoms with Gasteiger partial charge in [0.05, 0.1) is 0 Å². The van der Waals surface area contributed by atoms with Crippen molar-refractivity contribution in [3.8, 4) is 0 Å². The normalized spacial score (nSPS) is 12.9. The van der Waals surface area contributed by atoms with Crippen LogP contribution in [0.4, 0.5) is 0 Å². The molecule has 0 saturated heterocycles. The molecule has 1 nitrogen and oxygen atoms in total. The van der Waals surface area contributed by atoms with Gasteiger partial charge in [0.25, 0.3) is 0 Å². The Morgan fingerprint density at radius 3 is 2.29 bits per heavy atom. The van der Waals surface area contributed by atoms with Crippen molar-refractivity contribution >= 4 is 16.6 Å². The zero-order valence-corrected chi connectivity index (χ0v) is 10.6. The summed E-state index contributed by atoms with van der Waals surface area (Å²) in [7, 11) is 0. The van der Waals surface area contributed by atoms with Crippen LogP contribution in [0.5, 0.6) is 0 Å². The molecule has 0 bridgehead atoms. The zero-order valence-electron chi connectivity index (χ0n) is 10.6. The lowest BCUT2D eigenvalue weighted by atomic mass is 9.87. The summed E-state index contributed by atoms with van der Waals surface area (Å²) < 4.78 is 0. The molecule has 0 aliphatic carbocycles. The predicted octanol–water partition coefficient (Wildman–Crippen LogP) is 4.17. The summed E-state index contributed by atoms with van der Waals surface area (Å²) in [4.78, 5) is 12.1. The fraction of sp³-hybridized carbons (Fsp3) is 0.312. The van der Waals surface area contributed by atoms with E-state index in [9.17, 15) is 4.79 Å². The molecule has 0 aliphatic rings. The van der Waals surface area contributed by atoms with Gasteiger partial charge < -0.3 is 0 Å². The summed E-state index contributed by atoms with van der Waals surface area (Å²) in [6, 6.07) is 14.4. The van der Waals surface area contributed by atoms with Crippen molar-refractivity contribution in [2.45, 2.75) is 26.7 Å². The molecular formula is C16H18O. The SMILES string of the molecule is CC(C)C(=O)C(C)c1cccc2ccccc12. The average molecular weight is 226 g/mol. The van der Waals surface area contributed by atoms with Crippen LogP contribution in [0, 0.1) is 5.92 Å². The Labute approximate surface area is 102 Å². The topological polar surface area (TPSA) is 17.1 Å². The minimum atomic E-state index is -0.0268. The van der Waals surface area contributed by atoms with E-state index >= 15 is 0 Å². The zero-order chi connectivity index (χ0) is 12.4. The standard InChI is InChI=1S/C16H18O/c1-11(2)16(17)12(3)14-10-6-8-13-7-4-5-9-15(13)14/h4-12H,1-3H3. The molecule has 88 valence electrons. The minimum Gasteiger partial charge on any atom is -0.299 e. The second-order valence-electron chi connectivity index (χ2n) is 4.85. The average Bonchev–Trinajstić information content (AvgIpc) is 2.36. The largest absolute Gasteiger partial charge is 0.299 e. The van der Waals surface area contributed by atoms with E-state index in [0.29, 0.717) is 5.78 Å². The minimum absolute atomic E-state index is 0.0268. The molecular weight excluding hydrogens is 208 g/mol. The molecule has 0 radical (unpaired) electrons. The third-order valence-electron chi connectivity index (χ3n) is 3.29. The van der Waals surface area contributed by atoms with E-state index in [2.05, 4.69) is 24.3 Å².